The number of benzene rings is 3. The second-order valence-corrected chi connectivity index (χ2v) is 11.4. The summed E-state index contributed by atoms with van der Waals surface area (Å²) in [6.07, 6.45) is 1.58. The van der Waals surface area contributed by atoms with Gasteiger partial charge in [0.05, 0.1) is 32.3 Å². The van der Waals surface area contributed by atoms with Crippen molar-refractivity contribution in [1.82, 2.24) is 5.32 Å². The van der Waals surface area contributed by atoms with Crippen molar-refractivity contribution in [2.45, 2.75) is 17.4 Å². The second kappa shape index (κ2) is 13.4. The van der Waals surface area contributed by atoms with Gasteiger partial charge in [-0.15, -0.1) is 0 Å². The molecule has 1 aliphatic rings. The van der Waals surface area contributed by atoms with Crippen LogP contribution in [0.25, 0.3) is 0 Å². The number of amides is 2. The monoisotopic (exact) mass is 604 g/mol. The summed E-state index contributed by atoms with van der Waals surface area (Å²) in [6.45, 7) is 1.93. The summed E-state index contributed by atoms with van der Waals surface area (Å²) >= 11 is 0. The molecule has 1 fully saturated rings. The zero-order valence-electron chi connectivity index (χ0n) is 23.5. The minimum Gasteiger partial charge on any atom is -0.497 e. The third-order valence-corrected chi connectivity index (χ3v) is 8.27. The molecular weight excluding hydrogens is 572 g/mol. The van der Waals surface area contributed by atoms with Gasteiger partial charge in [0.15, 0.2) is 5.76 Å². The number of hydrogen-bond acceptors (Lipinski definition) is 8. The van der Waals surface area contributed by atoms with Gasteiger partial charge >= 0.3 is 0 Å². The molecular formula is C31H32N4O7S. The van der Waals surface area contributed by atoms with Crippen molar-refractivity contribution in [2.75, 3.05) is 48.4 Å². The fourth-order valence-electron chi connectivity index (χ4n) is 4.67. The Morgan fingerprint density at radius 1 is 0.930 bits per heavy atom. The van der Waals surface area contributed by atoms with Crippen LogP contribution in [0.15, 0.2) is 101 Å². The number of carbonyl (C=O) groups excluding carboxylic acids is 2. The van der Waals surface area contributed by atoms with Crippen LogP contribution in [0.1, 0.15) is 16.1 Å². The van der Waals surface area contributed by atoms with Crippen LogP contribution in [0.2, 0.25) is 0 Å². The number of methoxy groups -OCH3 is 1. The van der Waals surface area contributed by atoms with Crippen LogP contribution in [-0.4, -0.2) is 59.7 Å². The normalized spacial score (nSPS) is 14.0. The maximum Gasteiger partial charge on any atom is 0.287 e. The molecule has 2 heterocycles. The predicted octanol–water partition coefficient (Wildman–Crippen LogP) is 3.91. The molecule has 2 amide bonds. The molecule has 3 aromatic carbocycles. The molecule has 3 N–H and O–H groups in total. The van der Waals surface area contributed by atoms with Gasteiger partial charge in [0.2, 0.25) is 5.91 Å². The number of nitrogens with one attached hydrogen (secondary N) is 3. The summed E-state index contributed by atoms with van der Waals surface area (Å²) in [4.78, 5) is 28.3. The Kier molecular flexibility index (Phi) is 9.28. The topological polar surface area (TPSA) is 139 Å². The van der Waals surface area contributed by atoms with E-state index in [0.717, 1.165) is 5.56 Å². The first-order valence-corrected chi connectivity index (χ1v) is 15.1. The summed E-state index contributed by atoms with van der Waals surface area (Å²) in [5.74, 6) is -0.408. The number of morpholine rings is 1. The number of nitrogens with zero attached hydrogens (tertiary/aromatic N) is 1. The number of rotatable bonds is 11. The van der Waals surface area contributed by atoms with Gasteiger partial charge in [0.25, 0.3) is 15.9 Å². The number of sulfonamides is 1. The van der Waals surface area contributed by atoms with Gasteiger partial charge in [-0.1, -0.05) is 30.3 Å². The number of ether oxygens (including phenoxy) is 2. The molecule has 224 valence electrons. The Hall–Kier alpha value is -4.81. The van der Waals surface area contributed by atoms with Crippen molar-refractivity contribution in [3.05, 3.63) is 103 Å². The lowest BCUT2D eigenvalue weighted by Crippen LogP contribution is -2.45. The van der Waals surface area contributed by atoms with Crippen LogP contribution >= 0.6 is 0 Å². The van der Waals surface area contributed by atoms with Crippen molar-refractivity contribution in [2.24, 2.45) is 0 Å². The molecule has 12 heteroatoms. The van der Waals surface area contributed by atoms with Gasteiger partial charge < -0.3 is 29.4 Å². The van der Waals surface area contributed by atoms with E-state index in [9.17, 15) is 18.0 Å². The van der Waals surface area contributed by atoms with E-state index in [4.69, 9.17) is 13.9 Å². The highest BCUT2D eigenvalue weighted by molar-refractivity contribution is 7.92. The molecule has 0 aliphatic carbocycles. The smallest absolute Gasteiger partial charge is 0.287 e. The first-order valence-electron chi connectivity index (χ1n) is 13.7. The molecule has 1 aromatic heterocycles. The Morgan fingerprint density at radius 3 is 2.33 bits per heavy atom. The lowest BCUT2D eigenvalue weighted by Gasteiger charge is -2.30. The quantitative estimate of drug-likeness (QED) is 0.234. The summed E-state index contributed by atoms with van der Waals surface area (Å²) in [6, 6.07) is 22.6. The molecule has 1 aliphatic heterocycles. The zero-order chi connectivity index (χ0) is 30.2. The minimum atomic E-state index is -4.10. The molecule has 0 bridgehead atoms. The lowest BCUT2D eigenvalue weighted by molar-refractivity contribution is -0.118. The van der Waals surface area contributed by atoms with Crippen molar-refractivity contribution in [3.63, 3.8) is 0 Å². The molecule has 0 spiro atoms. The van der Waals surface area contributed by atoms with E-state index in [1.165, 1.54) is 25.5 Å². The van der Waals surface area contributed by atoms with Gasteiger partial charge in [-0.25, -0.2) is 8.42 Å². The van der Waals surface area contributed by atoms with Crippen molar-refractivity contribution >= 4 is 38.9 Å². The largest absolute Gasteiger partial charge is 0.497 e. The van der Waals surface area contributed by atoms with Crippen LogP contribution in [-0.2, 0) is 26.0 Å². The predicted molar refractivity (Wildman–Crippen MR) is 162 cm³/mol. The average molecular weight is 605 g/mol. The summed E-state index contributed by atoms with van der Waals surface area (Å²) < 4.78 is 45.9. The molecule has 11 nitrogen and oxygen atoms in total. The standard InChI is InChI=1S/C31H32N4O7S/c1-40-25-12-9-23(10-13-25)34-43(38,39)29-21-24(11-14-27(29)35-15-18-41-19-16-35)32-30(36)26(20-22-6-3-2-4-7-22)33-31(37)28-8-5-17-42-28/h2-14,17,21,26,34H,15-16,18-20H2,1H3,(H,32,36)(H,33,37). The van der Waals surface area contributed by atoms with Crippen molar-refractivity contribution in [3.8, 4) is 5.75 Å². The number of hydrogen-bond donors (Lipinski definition) is 3. The fourth-order valence-corrected chi connectivity index (χ4v) is 5.98. The maximum atomic E-state index is 13.7. The highest BCUT2D eigenvalue weighted by Crippen LogP contribution is 2.31. The summed E-state index contributed by atoms with van der Waals surface area (Å²) in [5, 5.41) is 5.53. The van der Waals surface area contributed by atoms with Gasteiger partial charge in [-0.05, 0) is 60.2 Å². The third-order valence-electron chi connectivity index (χ3n) is 6.86. The molecule has 1 unspecified atom stereocenters. The number of carbonyl (C=O) groups is 2. The van der Waals surface area contributed by atoms with Crippen LogP contribution in [0.3, 0.4) is 0 Å². The highest BCUT2D eigenvalue weighted by Gasteiger charge is 2.27. The lowest BCUT2D eigenvalue weighted by atomic mass is 10.0. The molecule has 1 saturated heterocycles. The van der Waals surface area contributed by atoms with E-state index in [-0.39, 0.29) is 22.8 Å². The fraction of sp³-hybridized carbons (Fsp3) is 0.226. The molecule has 0 radical (unpaired) electrons. The van der Waals surface area contributed by atoms with Crippen molar-refractivity contribution < 1.29 is 31.9 Å². The Balaban J connectivity index is 1.43. The number of furan rings is 1. The van der Waals surface area contributed by atoms with E-state index < -0.39 is 27.9 Å². The van der Waals surface area contributed by atoms with E-state index in [0.29, 0.717) is 43.4 Å². The van der Waals surface area contributed by atoms with Crippen molar-refractivity contribution in [1.29, 1.82) is 0 Å². The minimum absolute atomic E-state index is 0.0118. The molecule has 1 atom stereocenters. The van der Waals surface area contributed by atoms with E-state index >= 15 is 0 Å². The van der Waals surface area contributed by atoms with Gasteiger partial charge in [0, 0.05) is 30.9 Å². The Labute approximate surface area is 249 Å². The third kappa shape index (κ3) is 7.53. The Morgan fingerprint density at radius 2 is 1.65 bits per heavy atom. The highest BCUT2D eigenvalue weighted by atomic mass is 32.2. The van der Waals surface area contributed by atoms with Crippen LogP contribution in [0.5, 0.6) is 5.75 Å². The summed E-state index contributed by atoms with van der Waals surface area (Å²) in [7, 11) is -2.57. The van der Waals surface area contributed by atoms with E-state index in [2.05, 4.69) is 15.4 Å². The molecule has 5 rings (SSSR count). The van der Waals surface area contributed by atoms with E-state index in [1.54, 1.807) is 42.5 Å². The van der Waals surface area contributed by atoms with Crippen LogP contribution in [0, 0.1) is 0 Å². The molecule has 0 saturated carbocycles. The second-order valence-electron chi connectivity index (χ2n) is 9.80. The SMILES string of the molecule is COc1ccc(NS(=O)(=O)c2cc(NC(=O)C(Cc3ccccc3)NC(=O)c3ccco3)ccc2N2CCOCC2)cc1. The van der Waals surface area contributed by atoms with Gasteiger partial charge in [0.1, 0.15) is 16.7 Å². The first kappa shape index (κ1) is 29.7. The maximum absolute atomic E-state index is 13.7. The van der Waals surface area contributed by atoms with E-state index in [1.807, 2.05) is 35.2 Å². The van der Waals surface area contributed by atoms with Gasteiger partial charge in [-0.3, -0.25) is 14.3 Å². The average Bonchev–Trinajstić information content (AvgIpc) is 3.57. The van der Waals surface area contributed by atoms with Crippen LogP contribution in [0.4, 0.5) is 17.1 Å². The van der Waals surface area contributed by atoms with Crippen LogP contribution < -0.4 is 25.0 Å². The van der Waals surface area contributed by atoms with Gasteiger partial charge in [-0.2, -0.15) is 0 Å². The first-order chi connectivity index (χ1) is 20.8. The molecule has 4 aromatic rings. The number of anilines is 3. The Bertz CT molecular complexity index is 1640. The molecule has 43 heavy (non-hydrogen) atoms. The summed E-state index contributed by atoms with van der Waals surface area (Å²) in [5.41, 5.74) is 1.92. The zero-order valence-corrected chi connectivity index (χ0v) is 24.3.